The van der Waals surface area contributed by atoms with Crippen molar-refractivity contribution in [3.8, 4) is 0 Å². The predicted molar refractivity (Wildman–Crippen MR) is 72.8 cm³/mol. The second-order valence-electron chi connectivity index (χ2n) is 4.90. The lowest BCUT2D eigenvalue weighted by atomic mass is 9.83. The van der Waals surface area contributed by atoms with Gasteiger partial charge >= 0.3 is 0 Å². The van der Waals surface area contributed by atoms with Crippen molar-refractivity contribution in [1.29, 1.82) is 0 Å². The fourth-order valence-corrected chi connectivity index (χ4v) is 2.76. The molecular formula is C14H19ClN2O. The van der Waals surface area contributed by atoms with Gasteiger partial charge < -0.3 is 5.32 Å². The number of aromatic nitrogens is 1. The maximum Gasteiger partial charge on any atom is 0.253 e. The van der Waals surface area contributed by atoms with Crippen molar-refractivity contribution in [3.05, 3.63) is 29.0 Å². The molecule has 3 nitrogen and oxygen atoms in total. The summed E-state index contributed by atoms with van der Waals surface area (Å²) < 4.78 is 0. The highest BCUT2D eigenvalue weighted by Crippen LogP contribution is 2.27. The topological polar surface area (TPSA) is 42.0 Å². The van der Waals surface area contributed by atoms with Crippen LogP contribution in [0, 0.1) is 5.92 Å². The maximum atomic E-state index is 12.1. The summed E-state index contributed by atoms with van der Waals surface area (Å²) in [7, 11) is 0. The van der Waals surface area contributed by atoms with Crippen molar-refractivity contribution in [2.45, 2.75) is 45.1 Å². The highest BCUT2D eigenvalue weighted by atomic mass is 35.5. The number of halogens is 1. The summed E-state index contributed by atoms with van der Waals surface area (Å²) in [5.41, 5.74) is 0.583. The molecule has 1 fully saturated rings. The van der Waals surface area contributed by atoms with Crippen LogP contribution in [0.4, 0.5) is 0 Å². The van der Waals surface area contributed by atoms with E-state index in [1.807, 2.05) is 0 Å². The van der Waals surface area contributed by atoms with Crippen LogP contribution in [0.25, 0.3) is 0 Å². The van der Waals surface area contributed by atoms with Crippen molar-refractivity contribution in [2.75, 3.05) is 0 Å². The van der Waals surface area contributed by atoms with E-state index in [9.17, 15) is 4.79 Å². The first-order valence-corrected chi connectivity index (χ1v) is 7.01. The molecule has 1 amide bonds. The lowest BCUT2D eigenvalue weighted by molar-refractivity contribution is 0.0904. The van der Waals surface area contributed by atoms with Crippen LogP contribution in [0.3, 0.4) is 0 Å². The lowest BCUT2D eigenvalue weighted by Crippen LogP contribution is -2.41. The number of carbonyl (C=O) groups is 1. The van der Waals surface area contributed by atoms with Gasteiger partial charge in [0.15, 0.2) is 0 Å². The number of nitrogens with one attached hydrogen (secondary N) is 1. The van der Waals surface area contributed by atoms with Gasteiger partial charge in [-0.25, -0.2) is 4.98 Å². The van der Waals surface area contributed by atoms with E-state index < -0.39 is 0 Å². The highest BCUT2D eigenvalue weighted by Gasteiger charge is 2.25. The van der Waals surface area contributed by atoms with E-state index in [-0.39, 0.29) is 5.91 Å². The molecule has 0 radical (unpaired) electrons. The van der Waals surface area contributed by atoms with Crippen LogP contribution >= 0.6 is 11.6 Å². The lowest BCUT2D eigenvalue weighted by Gasteiger charge is -2.31. The van der Waals surface area contributed by atoms with E-state index in [0.29, 0.717) is 22.7 Å². The average Bonchev–Trinajstić information content (AvgIpc) is 2.40. The van der Waals surface area contributed by atoms with Crippen molar-refractivity contribution >= 4 is 17.5 Å². The van der Waals surface area contributed by atoms with Crippen LogP contribution in [0.15, 0.2) is 18.3 Å². The molecule has 0 spiro atoms. The molecule has 18 heavy (non-hydrogen) atoms. The van der Waals surface area contributed by atoms with Gasteiger partial charge in [-0.15, -0.1) is 0 Å². The molecule has 1 heterocycles. The van der Waals surface area contributed by atoms with E-state index in [4.69, 9.17) is 11.6 Å². The summed E-state index contributed by atoms with van der Waals surface area (Å²) in [6, 6.07) is 3.68. The Morgan fingerprint density at radius 3 is 2.89 bits per heavy atom. The molecular weight excluding hydrogens is 248 g/mol. The summed E-state index contributed by atoms with van der Waals surface area (Å²) in [5, 5.41) is 3.55. The average molecular weight is 267 g/mol. The summed E-state index contributed by atoms with van der Waals surface area (Å²) >= 11 is 5.71. The van der Waals surface area contributed by atoms with Crippen LogP contribution in [-0.4, -0.2) is 16.9 Å². The molecule has 1 saturated carbocycles. The minimum Gasteiger partial charge on any atom is -0.349 e. The monoisotopic (exact) mass is 266 g/mol. The van der Waals surface area contributed by atoms with Gasteiger partial charge in [-0.05, 0) is 30.9 Å². The van der Waals surface area contributed by atoms with Gasteiger partial charge in [0.1, 0.15) is 5.15 Å². The first kappa shape index (κ1) is 13.3. The van der Waals surface area contributed by atoms with Gasteiger partial charge in [0, 0.05) is 12.2 Å². The first-order chi connectivity index (χ1) is 8.70. The zero-order valence-electron chi connectivity index (χ0n) is 10.7. The molecule has 0 bridgehead atoms. The number of carbonyl (C=O) groups excluding carboxylic acids is 1. The number of nitrogens with zero attached hydrogens (tertiary/aromatic N) is 1. The van der Waals surface area contributed by atoms with E-state index in [2.05, 4.69) is 17.2 Å². The second-order valence-corrected chi connectivity index (χ2v) is 5.29. The predicted octanol–water partition coefficient (Wildman–Crippen LogP) is 3.43. The van der Waals surface area contributed by atoms with Crippen LogP contribution in [0.1, 0.15) is 49.4 Å². The normalized spacial score (nSPS) is 23.7. The highest BCUT2D eigenvalue weighted by molar-refractivity contribution is 6.29. The van der Waals surface area contributed by atoms with Crippen molar-refractivity contribution < 1.29 is 4.79 Å². The number of rotatable bonds is 3. The van der Waals surface area contributed by atoms with Gasteiger partial charge in [-0.1, -0.05) is 37.8 Å². The number of hydrogen-bond acceptors (Lipinski definition) is 2. The zero-order valence-corrected chi connectivity index (χ0v) is 11.4. The molecule has 2 unspecified atom stereocenters. The number of amides is 1. The van der Waals surface area contributed by atoms with Crippen molar-refractivity contribution in [3.63, 3.8) is 0 Å². The third-order valence-corrected chi connectivity index (χ3v) is 3.96. The molecule has 2 atom stereocenters. The Hall–Kier alpha value is -1.09. The second kappa shape index (κ2) is 6.19. The Balaban J connectivity index is 1.99. The summed E-state index contributed by atoms with van der Waals surface area (Å²) in [6.07, 6.45) is 7.46. The molecule has 4 heteroatoms. The van der Waals surface area contributed by atoms with Gasteiger partial charge in [0.25, 0.3) is 5.91 Å². The molecule has 2 rings (SSSR count). The molecule has 98 valence electrons. The smallest absolute Gasteiger partial charge is 0.253 e. The van der Waals surface area contributed by atoms with Crippen LogP contribution in [0.5, 0.6) is 0 Å². The molecule has 1 aromatic rings. The van der Waals surface area contributed by atoms with E-state index in [1.165, 1.54) is 25.5 Å². The largest absolute Gasteiger partial charge is 0.349 e. The van der Waals surface area contributed by atoms with E-state index in [1.54, 1.807) is 12.1 Å². The molecule has 0 aromatic carbocycles. The maximum absolute atomic E-state index is 12.1. The SMILES string of the molecule is CCC1CCCCC1NC(=O)c1ccc(Cl)nc1. The van der Waals surface area contributed by atoms with Crippen molar-refractivity contribution in [1.82, 2.24) is 10.3 Å². The van der Waals surface area contributed by atoms with E-state index in [0.717, 1.165) is 12.8 Å². The molecule has 1 aliphatic carbocycles. The van der Waals surface area contributed by atoms with Crippen LogP contribution in [-0.2, 0) is 0 Å². The van der Waals surface area contributed by atoms with Gasteiger partial charge in [-0.2, -0.15) is 0 Å². The molecule has 0 aliphatic heterocycles. The summed E-state index contributed by atoms with van der Waals surface area (Å²) in [4.78, 5) is 16.0. The fraction of sp³-hybridized carbons (Fsp3) is 0.571. The summed E-state index contributed by atoms with van der Waals surface area (Å²) in [5.74, 6) is 0.576. The Kier molecular flexibility index (Phi) is 4.59. The first-order valence-electron chi connectivity index (χ1n) is 6.63. The fourth-order valence-electron chi connectivity index (χ4n) is 2.65. The minimum absolute atomic E-state index is 0.0375. The summed E-state index contributed by atoms with van der Waals surface area (Å²) in [6.45, 7) is 2.19. The van der Waals surface area contributed by atoms with Crippen molar-refractivity contribution in [2.24, 2.45) is 5.92 Å². The molecule has 0 saturated heterocycles. The van der Waals surface area contributed by atoms with Crippen LogP contribution in [0.2, 0.25) is 5.15 Å². The molecule has 1 N–H and O–H groups in total. The van der Waals surface area contributed by atoms with Gasteiger partial charge in [-0.3, -0.25) is 4.79 Å². The van der Waals surface area contributed by atoms with Gasteiger partial charge in [0.2, 0.25) is 0 Å². The number of pyridine rings is 1. The standard InChI is InChI=1S/C14H19ClN2O/c1-2-10-5-3-4-6-12(10)17-14(18)11-7-8-13(15)16-9-11/h7-10,12H,2-6H2,1H3,(H,17,18). The van der Waals surface area contributed by atoms with E-state index >= 15 is 0 Å². The molecule has 1 aromatic heterocycles. The third-order valence-electron chi connectivity index (χ3n) is 3.74. The third kappa shape index (κ3) is 3.22. The minimum atomic E-state index is -0.0375. The Labute approximate surface area is 113 Å². The van der Waals surface area contributed by atoms with Crippen LogP contribution < -0.4 is 5.32 Å². The Bertz CT molecular complexity index is 405. The Morgan fingerprint density at radius 2 is 2.22 bits per heavy atom. The Morgan fingerprint density at radius 1 is 1.44 bits per heavy atom. The zero-order chi connectivity index (χ0) is 13.0. The quantitative estimate of drug-likeness (QED) is 0.852. The molecule has 1 aliphatic rings. The van der Waals surface area contributed by atoms with Gasteiger partial charge in [0.05, 0.1) is 5.56 Å². The number of hydrogen-bond donors (Lipinski definition) is 1.